The molecule has 1 saturated carbocycles. The van der Waals surface area contributed by atoms with E-state index in [4.69, 9.17) is 10.5 Å². The number of hydrogen-bond donors (Lipinski definition) is 6. The highest BCUT2D eigenvalue weighted by Gasteiger charge is 2.60. The third-order valence-electron chi connectivity index (χ3n) is 7.71. The maximum Gasteiger partial charge on any atom is 0.417 e. The number of primary amides is 1. The quantitative estimate of drug-likeness (QED) is 0.242. The number of ketones is 2. The molecule has 3 atom stereocenters. The van der Waals surface area contributed by atoms with Gasteiger partial charge in [-0.3, -0.25) is 19.7 Å². The van der Waals surface area contributed by atoms with Crippen LogP contribution in [-0.2, 0) is 20.8 Å². The monoisotopic (exact) mass is 549 g/mol. The second-order valence-corrected chi connectivity index (χ2v) is 10.3. The number of aliphatic hydroxyl groups excluding tert-OH is 2. The number of anilines is 2. The van der Waals surface area contributed by atoms with Crippen LogP contribution in [0.2, 0.25) is 0 Å². The molecule has 1 fully saturated rings. The summed E-state index contributed by atoms with van der Waals surface area (Å²) in [7, 11) is 3.43. The van der Waals surface area contributed by atoms with Gasteiger partial charge >= 0.3 is 6.09 Å². The highest BCUT2D eigenvalue weighted by Crippen LogP contribution is 2.54. The molecule has 0 heterocycles. The van der Waals surface area contributed by atoms with Crippen molar-refractivity contribution in [2.24, 2.45) is 17.6 Å². The van der Waals surface area contributed by atoms with Gasteiger partial charge in [-0.15, -0.1) is 0 Å². The number of phenolic OH excluding ortho intramolecular Hbond substituents is 1. The predicted octanol–water partition coefficient (Wildman–Crippen LogP) is 2.10. The smallest absolute Gasteiger partial charge is 0.417 e. The van der Waals surface area contributed by atoms with Crippen molar-refractivity contribution in [3.8, 4) is 11.5 Å². The Hall–Kier alpha value is -4.84. The zero-order valence-corrected chi connectivity index (χ0v) is 21.6. The Bertz CT molecular complexity index is 1540. The zero-order valence-electron chi connectivity index (χ0n) is 21.6. The number of nitrogens with two attached hydrogens (primary N) is 1. The Morgan fingerprint density at radius 2 is 1.77 bits per heavy atom. The van der Waals surface area contributed by atoms with Gasteiger partial charge in [0.25, 0.3) is 5.91 Å². The molecule has 0 saturated heterocycles. The van der Waals surface area contributed by atoms with Gasteiger partial charge in [0, 0.05) is 37.7 Å². The number of para-hydroxylation sites is 1. The van der Waals surface area contributed by atoms with Gasteiger partial charge in [0.05, 0.1) is 11.3 Å². The van der Waals surface area contributed by atoms with E-state index in [0.717, 1.165) is 0 Å². The molecule has 0 radical (unpaired) electrons. The van der Waals surface area contributed by atoms with Crippen molar-refractivity contribution in [2.45, 2.75) is 24.9 Å². The van der Waals surface area contributed by atoms with Gasteiger partial charge < -0.3 is 35.8 Å². The topological polar surface area (TPSA) is 200 Å². The first kappa shape index (κ1) is 26.8. The molecule has 7 N–H and O–H groups in total. The fraction of sp³-hybridized carbons (Fsp3) is 0.286. The number of ether oxygens (including phenoxy) is 1. The minimum absolute atomic E-state index is 0.0138. The lowest BCUT2D eigenvalue weighted by Crippen LogP contribution is -2.58. The summed E-state index contributed by atoms with van der Waals surface area (Å²) in [6.45, 7) is 0. The Morgan fingerprint density at radius 1 is 1.10 bits per heavy atom. The molecular weight excluding hydrogens is 522 g/mol. The molecule has 0 bridgehead atoms. The number of Topliss-reactive ketones (excluding diaryl/α,β-unsaturated/α-hetero) is 2. The van der Waals surface area contributed by atoms with E-state index in [2.05, 4.69) is 5.32 Å². The number of carbonyl (C=O) groups is 4. The third-order valence-corrected chi connectivity index (χ3v) is 7.71. The van der Waals surface area contributed by atoms with E-state index in [1.54, 1.807) is 49.3 Å². The van der Waals surface area contributed by atoms with E-state index >= 15 is 0 Å². The molecule has 0 aromatic heterocycles. The minimum Gasteiger partial charge on any atom is -0.508 e. The number of fused-ring (bicyclic) bond motifs is 3. The van der Waals surface area contributed by atoms with Crippen LogP contribution in [0.15, 0.2) is 53.3 Å². The highest BCUT2D eigenvalue weighted by atomic mass is 16.6. The first-order valence-electron chi connectivity index (χ1n) is 12.4. The second-order valence-electron chi connectivity index (χ2n) is 10.3. The molecule has 0 aliphatic heterocycles. The van der Waals surface area contributed by atoms with Crippen molar-refractivity contribution in [3.63, 3.8) is 0 Å². The largest absolute Gasteiger partial charge is 0.508 e. The summed E-state index contributed by atoms with van der Waals surface area (Å²) in [5, 5.41) is 47.1. The number of phenols is 1. The van der Waals surface area contributed by atoms with Crippen LogP contribution in [-0.4, -0.2) is 63.7 Å². The number of amides is 2. The van der Waals surface area contributed by atoms with Gasteiger partial charge in [-0.25, -0.2) is 4.79 Å². The van der Waals surface area contributed by atoms with E-state index in [1.165, 1.54) is 6.07 Å². The van der Waals surface area contributed by atoms with Crippen LogP contribution in [0.5, 0.6) is 11.5 Å². The number of benzene rings is 2. The summed E-state index contributed by atoms with van der Waals surface area (Å²) in [5.74, 6) is -7.02. The van der Waals surface area contributed by atoms with Crippen LogP contribution in [0, 0.1) is 11.8 Å². The zero-order chi connectivity index (χ0) is 29.1. The van der Waals surface area contributed by atoms with Crippen LogP contribution in [0.3, 0.4) is 0 Å². The second kappa shape index (κ2) is 9.42. The molecule has 12 heteroatoms. The summed E-state index contributed by atoms with van der Waals surface area (Å²) in [4.78, 5) is 52.3. The summed E-state index contributed by atoms with van der Waals surface area (Å²) in [6.07, 6.45) is -1.18. The molecule has 2 aromatic rings. The Balaban J connectivity index is 1.61. The number of rotatable bonds is 4. The Labute approximate surface area is 228 Å². The maximum absolute atomic E-state index is 13.7. The third kappa shape index (κ3) is 3.95. The molecule has 2 amide bonds. The van der Waals surface area contributed by atoms with Gasteiger partial charge in [0.15, 0.2) is 17.1 Å². The fourth-order valence-corrected chi connectivity index (χ4v) is 5.89. The van der Waals surface area contributed by atoms with Crippen molar-refractivity contribution < 1.29 is 44.3 Å². The molecular formula is C28H27N3O9. The summed E-state index contributed by atoms with van der Waals surface area (Å²) in [6, 6.07) is 9.71. The number of aliphatic hydroxyl groups is 3. The molecule has 12 nitrogen and oxygen atoms in total. The molecule has 3 aliphatic carbocycles. The molecule has 208 valence electrons. The van der Waals surface area contributed by atoms with Crippen LogP contribution >= 0.6 is 0 Å². The minimum atomic E-state index is -2.66. The molecule has 2 aromatic carbocycles. The lowest BCUT2D eigenvalue weighted by molar-refractivity contribution is -0.147. The van der Waals surface area contributed by atoms with Crippen LogP contribution in [0.25, 0.3) is 5.76 Å². The summed E-state index contributed by atoms with van der Waals surface area (Å²) in [5.41, 5.74) is 2.14. The summed E-state index contributed by atoms with van der Waals surface area (Å²) >= 11 is 0. The van der Waals surface area contributed by atoms with E-state index in [-0.39, 0.29) is 35.4 Å². The Kier molecular flexibility index (Phi) is 6.30. The highest BCUT2D eigenvalue weighted by molar-refractivity contribution is 6.22. The molecule has 3 aliphatic rings. The number of carbonyl (C=O) groups excluding carboxylic acids is 4. The van der Waals surface area contributed by atoms with E-state index in [0.29, 0.717) is 11.3 Å². The van der Waals surface area contributed by atoms with Crippen LogP contribution < -0.4 is 20.7 Å². The Morgan fingerprint density at radius 3 is 2.40 bits per heavy atom. The normalized spacial score (nSPS) is 23.7. The maximum atomic E-state index is 13.7. The van der Waals surface area contributed by atoms with E-state index < -0.39 is 70.3 Å². The molecule has 0 spiro atoms. The number of aromatic hydroxyl groups is 1. The van der Waals surface area contributed by atoms with E-state index in [9.17, 15) is 39.6 Å². The van der Waals surface area contributed by atoms with Gasteiger partial charge in [0.1, 0.15) is 22.8 Å². The number of nitrogens with one attached hydrogen (secondary N) is 1. The van der Waals surface area contributed by atoms with E-state index in [1.807, 2.05) is 0 Å². The van der Waals surface area contributed by atoms with Crippen LogP contribution in [0.4, 0.5) is 16.2 Å². The average Bonchev–Trinajstić information content (AvgIpc) is 2.88. The van der Waals surface area contributed by atoms with Crippen molar-refractivity contribution in [1.82, 2.24) is 0 Å². The van der Waals surface area contributed by atoms with Crippen LogP contribution in [0.1, 0.15) is 24.0 Å². The predicted molar refractivity (Wildman–Crippen MR) is 142 cm³/mol. The van der Waals surface area contributed by atoms with Crippen molar-refractivity contribution in [3.05, 3.63) is 64.4 Å². The van der Waals surface area contributed by atoms with Crippen molar-refractivity contribution in [2.75, 3.05) is 24.3 Å². The first-order chi connectivity index (χ1) is 18.9. The van der Waals surface area contributed by atoms with Gasteiger partial charge in [-0.05, 0) is 42.5 Å². The lowest BCUT2D eigenvalue weighted by atomic mass is 9.59. The standard InChI is InChI=1S/C28H27N3O9/c1-31(2)17-11-16(30-27(38)40-14-6-4-3-5-7-14)22(33)20-15(17)9-12-8-13-10-18(32)21(26(29)37)25(36)28(13,39)24(35)19(12)23(20)34/h3-7,11-13,33-34,36,39H,8-10H2,1-2H3,(H2,29,37)(H,30,38). The van der Waals surface area contributed by atoms with Gasteiger partial charge in [-0.1, -0.05) is 18.2 Å². The lowest BCUT2D eigenvalue weighted by Gasteiger charge is -2.46. The number of hydrogen-bond acceptors (Lipinski definition) is 10. The molecule has 3 unspecified atom stereocenters. The van der Waals surface area contributed by atoms with Crippen molar-refractivity contribution >= 4 is 40.7 Å². The first-order valence-corrected chi connectivity index (χ1v) is 12.4. The molecule has 5 rings (SSSR count). The molecule has 40 heavy (non-hydrogen) atoms. The summed E-state index contributed by atoms with van der Waals surface area (Å²) < 4.78 is 5.24. The number of nitrogens with zero attached hydrogens (tertiary/aromatic N) is 1. The van der Waals surface area contributed by atoms with Gasteiger partial charge in [-0.2, -0.15) is 0 Å². The SMILES string of the molecule is CN(C)c1cc(NC(=O)Oc2ccccc2)c(O)c2c1CC1CC3CC(=O)C(C(N)=O)=C(O)C3(O)C(=O)C1=C2O. The van der Waals surface area contributed by atoms with Crippen molar-refractivity contribution in [1.29, 1.82) is 0 Å². The average molecular weight is 550 g/mol. The fourth-order valence-electron chi connectivity index (χ4n) is 5.89. The van der Waals surface area contributed by atoms with Gasteiger partial charge in [0.2, 0.25) is 5.78 Å².